The lowest BCUT2D eigenvalue weighted by atomic mass is 9.98. The second-order valence-corrected chi connectivity index (χ2v) is 6.22. The van der Waals surface area contributed by atoms with Crippen LogP contribution in [0.2, 0.25) is 0 Å². The maximum Gasteiger partial charge on any atom is 0.274 e. The molecule has 2 aliphatic heterocycles. The number of fused-ring (bicyclic) bond motifs is 1. The number of hydrogen-bond donors (Lipinski definition) is 0. The zero-order chi connectivity index (χ0) is 15.6. The standard InChI is InChI=1S/C17H20N4O2/c22-17(16-15-14(3-5-19-16)2-1-4-18-15)21-11-13(12-21)10-20-6-8-23-9-7-20/h1-5,13H,6-12H2. The Balaban J connectivity index is 1.40. The van der Waals surface area contributed by atoms with Crippen molar-refractivity contribution < 1.29 is 9.53 Å². The van der Waals surface area contributed by atoms with Crippen molar-refractivity contribution in [3.05, 3.63) is 36.3 Å². The van der Waals surface area contributed by atoms with E-state index in [1.165, 1.54) is 0 Å². The highest BCUT2D eigenvalue weighted by atomic mass is 16.5. The largest absolute Gasteiger partial charge is 0.379 e. The lowest BCUT2D eigenvalue weighted by Crippen LogP contribution is -2.55. The van der Waals surface area contributed by atoms with E-state index in [1.54, 1.807) is 12.4 Å². The van der Waals surface area contributed by atoms with Gasteiger partial charge >= 0.3 is 0 Å². The number of hydrogen-bond acceptors (Lipinski definition) is 5. The summed E-state index contributed by atoms with van der Waals surface area (Å²) >= 11 is 0. The van der Waals surface area contributed by atoms with Gasteiger partial charge in [0, 0.05) is 56.4 Å². The van der Waals surface area contributed by atoms with Crippen LogP contribution in [0.5, 0.6) is 0 Å². The fourth-order valence-electron chi connectivity index (χ4n) is 3.31. The molecule has 0 spiro atoms. The van der Waals surface area contributed by atoms with Crippen molar-refractivity contribution in [3.8, 4) is 0 Å². The van der Waals surface area contributed by atoms with Gasteiger partial charge in [0.2, 0.25) is 0 Å². The number of morpholine rings is 1. The average Bonchev–Trinajstić information content (AvgIpc) is 2.57. The van der Waals surface area contributed by atoms with Gasteiger partial charge in [0.1, 0.15) is 5.52 Å². The second kappa shape index (κ2) is 6.22. The van der Waals surface area contributed by atoms with Gasteiger partial charge in [-0.2, -0.15) is 0 Å². The SMILES string of the molecule is O=C(c1nccc2cccnc12)N1CC(CN2CCOCC2)C1. The van der Waals surface area contributed by atoms with Gasteiger partial charge < -0.3 is 9.64 Å². The van der Waals surface area contributed by atoms with E-state index >= 15 is 0 Å². The summed E-state index contributed by atoms with van der Waals surface area (Å²) in [7, 11) is 0. The highest BCUT2D eigenvalue weighted by molar-refractivity contribution is 6.03. The molecule has 2 aromatic rings. The molecule has 0 aliphatic carbocycles. The van der Waals surface area contributed by atoms with Crippen LogP contribution in [0.1, 0.15) is 10.5 Å². The normalized spacial score (nSPS) is 19.7. The molecule has 0 unspecified atom stereocenters. The quantitative estimate of drug-likeness (QED) is 0.847. The summed E-state index contributed by atoms with van der Waals surface area (Å²) < 4.78 is 5.37. The van der Waals surface area contributed by atoms with Crippen LogP contribution in [-0.4, -0.2) is 71.6 Å². The second-order valence-electron chi connectivity index (χ2n) is 6.22. The van der Waals surface area contributed by atoms with Gasteiger partial charge in [-0.05, 0) is 12.1 Å². The Morgan fingerprint density at radius 3 is 2.83 bits per heavy atom. The number of ether oxygens (including phenoxy) is 1. The van der Waals surface area contributed by atoms with E-state index in [1.807, 2.05) is 23.1 Å². The van der Waals surface area contributed by atoms with Crippen LogP contribution in [0.15, 0.2) is 30.6 Å². The van der Waals surface area contributed by atoms with Crippen molar-refractivity contribution in [3.63, 3.8) is 0 Å². The van der Waals surface area contributed by atoms with Gasteiger partial charge in [0.05, 0.1) is 13.2 Å². The molecule has 0 radical (unpaired) electrons. The Morgan fingerprint density at radius 1 is 1.17 bits per heavy atom. The number of likely N-dealkylation sites (tertiary alicyclic amines) is 1. The lowest BCUT2D eigenvalue weighted by Gasteiger charge is -2.42. The van der Waals surface area contributed by atoms with Crippen LogP contribution in [0.25, 0.3) is 10.9 Å². The molecular formula is C17H20N4O2. The van der Waals surface area contributed by atoms with Crippen LogP contribution in [0.4, 0.5) is 0 Å². The Morgan fingerprint density at radius 2 is 2.00 bits per heavy atom. The molecule has 2 saturated heterocycles. The van der Waals surface area contributed by atoms with Crippen LogP contribution in [0, 0.1) is 5.92 Å². The Hall–Kier alpha value is -2.05. The maximum absolute atomic E-state index is 12.7. The van der Waals surface area contributed by atoms with Crippen molar-refractivity contribution in [1.82, 2.24) is 19.8 Å². The first-order valence-corrected chi connectivity index (χ1v) is 8.10. The zero-order valence-electron chi connectivity index (χ0n) is 13.0. The minimum absolute atomic E-state index is 0.00692. The molecule has 0 N–H and O–H groups in total. The summed E-state index contributed by atoms with van der Waals surface area (Å²) in [5.41, 5.74) is 1.16. The molecule has 2 fully saturated rings. The predicted molar refractivity (Wildman–Crippen MR) is 86.2 cm³/mol. The molecule has 120 valence electrons. The third-order valence-electron chi connectivity index (χ3n) is 4.59. The molecule has 6 nitrogen and oxygen atoms in total. The van der Waals surface area contributed by atoms with E-state index < -0.39 is 0 Å². The minimum atomic E-state index is -0.00692. The molecule has 0 saturated carbocycles. The van der Waals surface area contributed by atoms with E-state index in [-0.39, 0.29) is 5.91 Å². The fourth-order valence-corrected chi connectivity index (χ4v) is 3.31. The van der Waals surface area contributed by atoms with Gasteiger partial charge in [-0.15, -0.1) is 0 Å². The number of aromatic nitrogens is 2. The van der Waals surface area contributed by atoms with Crippen LogP contribution >= 0.6 is 0 Å². The topological polar surface area (TPSA) is 58.6 Å². The molecule has 2 aliphatic rings. The van der Waals surface area contributed by atoms with E-state index in [0.29, 0.717) is 17.1 Å². The molecule has 0 aromatic carbocycles. The molecule has 2 aromatic heterocycles. The smallest absolute Gasteiger partial charge is 0.274 e. The first-order valence-electron chi connectivity index (χ1n) is 8.10. The summed E-state index contributed by atoms with van der Waals surface area (Å²) in [4.78, 5) is 25.6. The van der Waals surface area contributed by atoms with E-state index in [9.17, 15) is 4.79 Å². The molecule has 1 amide bonds. The number of carbonyl (C=O) groups is 1. The van der Waals surface area contributed by atoms with Crippen molar-refractivity contribution in [1.29, 1.82) is 0 Å². The Bertz CT molecular complexity index is 703. The number of rotatable bonds is 3. The monoisotopic (exact) mass is 312 g/mol. The first-order chi connectivity index (χ1) is 11.3. The third-order valence-corrected chi connectivity index (χ3v) is 4.59. The van der Waals surface area contributed by atoms with Crippen molar-refractivity contribution in [2.75, 3.05) is 45.9 Å². The summed E-state index contributed by atoms with van der Waals surface area (Å²) in [6.45, 7) is 6.30. The lowest BCUT2D eigenvalue weighted by molar-refractivity contribution is 0.00703. The number of nitrogens with zero attached hydrogens (tertiary/aromatic N) is 4. The van der Waals surface area contributed by atoms with E-state index in [2.05, 4.69) is 14.9 Å². The fraction of sp³-hybridized carbons (Fsp3) is 0.471. The first kappa shape index (κ1) is 14.5. The molecule has 4 heterocycles. The molecule has 0 bridgehead atoms. The van der Waals surface area contributed by atoms with Gasteiger partial charge in [-0.1, -0.05) is 6.07 Å². The molecule has 6 heteroatoms. The Kier molecular flexibility index (Phi) is 3.93. The van der Waals surface area contributed by atoms with E-state index in [0.717, 1.165) is 51.3 Å². The number of pyridine rings is 2. The van der Waals surface area contributed by atoms with Crippen molar-refractivity contribution in [2.24, 2.45) is 5.92 Å². The summed E-state index contributed by atoms with van der Waals surface area (Å²) in [6, 6.07) is 5.72. The molecular weight excluding hydrogens is 292 g/mol. The van der Waals surface area contributed by atoms with Crippen LogP contribution in [-0.2, 0) is 4.74 Å². The van der Waals surface area contributed by atoms with Crippen LogP contribution < -0.4 is 0 Å². The number of amides is 1. The maximum atomic E-state index is 12.7. The third kappa shape index (κ3) is 2.92. The number of carbonyl (C=O) groups excluding carboxylic acids is 1. The molecule has 4 rings (SSSR count). The van der Waals surface area contributed by atoms with E-state index in [4.69, 9.17) is 4.74 Å². The summed E-state index contributed by atoms with van der Waals surface area (Å²) in [6.07, 6.45) is 3.39. The van der Waals surface area contributed by atoms with Gasteiger partial charge in [0.25, 0.3) is 5.91 Å². The van der Waals surface area contributed by atoms with Crippen LogP contribution in [0.3, 0.4) is 0 Å². The highest BCUT2D eigenvalue weighted by Gasteiger charge is 2.33. The summed E-state index contributed by atoms with van der Waals surface area (Å²) in [5, 5.41) is 0.955. The van der Waals surface area contributed by atoms with Crippen molar-refractivity contribution in [2.45, 2.75) is 0 Å². The van der Waals surface area contributed by atoms with Crippen molar-refractivity contribution >= 4 is 16.8 Å². The average molecular weight is 312 g/mol. The molecule has 23 heavy (non-hydrogen) atoms. The zero-order valence-corrected chi connectivity index (χ0v) is 13.0. The predicted octanol–water partition coefficient (Wildman–Crippen LogP) is 1.03. The minimum Gasteiger partial charge on any atom is -0.379 e. The highest BCUT2D eigenvalue weighted by Crippen LogP contribution is 2.22. The Labute approximate surface area is 135 Å². The van der Waals surface area contributed by atoms with Gasteiger partial charge in [-0.25, -0.2) is 4.98 Å². The summed E-state index contributed by atoms with van der Waals surface area (Å²) in [5.74, 6) is 0.549. The molecule has 0 atom stereocenters. The van der Waals surface area contributed by atoms with Gasteiger partial charge in [0.15, 0.2) is 5.69 Å². The van der Waals surface area contributed by atoms with Gasteiger partial charge in [-0.3, -0.25) is 14.7 Å².